The van der Waals surface area contributed by atoms with Gasteiger partial charge in [-0.15, -0.1) is 11.3 Å². The molecule has 0 amide bonds. The number of piperidine rings is 1. The molecule has 2 heterocycles. The van der Waals surface area contributed by atoms with E-state index in [0.717, 1.165) is 34.8 Å². The molecule has 1 saturated heterocycles. The van der Waals surface area contributed by atoms with E-state index in [1.807, 2.05) is 6.92 Å². The van der Waals surface area contributed by atoms with Crippen LogP contribution in [-0.4, -0.2) is 44.5 Å². The second-order valence-electron chi connectivity index (χ2n) is 5.62. The molecule has 2 rings (SSSR count). The van der Waals surface area contributed by atoms with Gasteiger partial charge in [0.25, 0.3) is 10.2 Å². The van der Waals surface area contributed by atoms with Gasteiger partial charge in [0, 0.05) is 31.6 Å². The van der Waals surface area contributed by atoms with Crippen LogP contribution < -0.4 is 4.72 Å². The number of hydrogen-bond acceptors (Lipinski definition) is 5. The van der Waals surface area contributed by atoms with Crippen LogP contribution in [0.3, 0.4) is 0 Å². The third-order valence-corrected chi connectivity index (χ3v) is 6.70. The van der Waals surface area contributed by atoms with Gasteiger partial charge in [0.1, 0.15) is 0 Å². The van der Waals surface area contributed by atoms with Gasteiger partial charge in [0.2, 0.25) is 0 Å². The average Bonchev–Trinajstić information content (AvgIpc) is 2.86. The summed E-state index contributed by atoms with van der Waals surface area (Å²) in [6.45, 7) is 6.02. The third kappa shape index (κ3) is 4.48. The number of rotatable bonds is 7. The molecule has 0 saturated carbocycles. The van der Waals surface area contributed by atoms with Crippen LogP contribution in [-0.2, 0) is 27.9 Å². The first-order chi connectivity index (χ1) is 10.5. The second-order valence-corrected chi connectivity index (χ2v) is 8.54. The van der Waals surface area contributed by atoms with Gasteiger partial charge in [-0.3, -0.25) is 0 Å². The lowest BCUT2D eigenvalue weighted by Crippen LogP contribution is -2.46. The Balaban J connectivity index is 1.96. The Morgan fingerprint density at radius 1 is 1.50 bits per heavy atom. The van der Waals surface area contributed by atoms with E-state index in [0.29, 0.717) is 26.2 Å². The van der Waals surface area contributed by atoms with Gasteiger partial charge in [0.15, 0.2) is 0 Å². The quantitative estimate of drug-likeness (QED) is 0.815. The Hall–Kier alpha value is -0.540. The Bertz CT molecular complexity index is 584. The molecule has 1 aromatic heterocycles. The molecule has 0 unspecified atom stereocenters. The number of ether oxygens (including phenoxy) is 1. The number of methoxy groups -OCH3 is 1. The smallest absolute Gasteiger partial charge is 0.279 e. The molecule has 0 radical (unpaired) electrons. The molecule has 1 aliphatic rings. The summed E-state index contributed by atoms with van der Waals surface area (Å²) in [7, 11) is -1.78. The fraction of sp³-hybridized carbons (Fsp3) is 0.786. The van der Waals surface area contributed by atoms with E-state index in [1.165, 1.54) is 4.31 Å². The van der Waals surface area contributed by atoms with Crippen LogP contribution in [0.2, 0.25) is 0 Å². The lowest BCUT2D eigenvalue weighted by atomic mass is 10.0. The third-order valence-electron chi connectivity index (χ3n) is 3.88. The van der Waals surface area contributed by atoms with Gasteiger partial charge in [0.05, 0.1) is 17.3 Å². The van der Waals surface area contributed by atoms with Crippen LogP contribution in [0.5, 0.6) is 0 Å². The van der Waals surface area contributed by atoms with Gasteiger partial charge in [-0.05, 0) is 32.1 Å². The predicted molar refractivity (Wildman–Crippen MR) is 88.2 cm³/mol. The molecular formula is C14H25N3O3S2. The zero-order valence-corrected chi connectivity index (χ0v) is 15.1. The molecule has 0 spiro atoms. The topological polar surface area (TPSA) is 71.5 Å². The number of thiazole rings is 1. The van der Waals surface area contributed by atoms with E-state index < -0.39 is 10.2 Å². The highest BCUT2D eigenvalue weighted by Gasteiger charge is 2.28. The van der Waals surface area contributed by atoms with E-state index in [2.05, 4.69) is 16.6 Å². The first-order valence-corrected chi connectivity index (χ1v) is 9.90. The maximum atomic E-state index is 12.5. The van der Waals surface area contributed by atoms with Gasteiger partial charge >= 0.3 is 0 Å². The minimum absolute atomic E-state index is 0.284. The highest BCUT2D eigenvalue weighted by atomic mass is 32.2. The number of aromatic nitrogens is 1. The van der Waals surface area contributed by atoms with Gasteiger partial charge in [-0.25, -0.2) is 4.98 Å². The van der Waals surface area contributed by atoms with Crippen molar-refractivity contribution in [2.75, 3.05) is 26.8 Å². The second kappa shape index (κ2) is 7.83. The van der Waals surface area contributed by atoms with Crippen LogP contribution in [0.25, 0.3) is 0 Å². The summed E-state index contributed by atoms with van der Waals surface area (Å²) < 4.78 is 34.3. The molecule has 1 atom stereocenters. The van der Waals surface area contributed by atoms with Gasteiger partial charge in [-0.1, -0.05) is 6.92 Å². The first-order valence-electron chi connectivity index (χ1n) is 7.65. The highest BCUT2D eigenvalue weighted by molar-refractivity contribution is 7.87. The van der Waals surface area contributed by atoms with Crippen molar-refractivity contribution >= 4 is 21.5 Å². The Morgan fingerprint density at radius 3 is 2.91 bits per heavy atom. The molecule has 22 heavy (non-hydrogen) atoms. The summed E-state index contributed by atoms with van der Waals surface area (Å²) in [5.74, 6) is 0.284. The maximum Gasteiger partial charge on any atom is 0.279 e. The lowest BCUT2D eigenvalue weighted by Gasteiger charge is -2.31. The largest absolute Gasteiger partial charge is 0.384 e. The summed E-state index contributed by atoms with van der Waals surface area (Å²) in [5.41, 5.74) is 0.917. The highest BCUT2D eigenvalue weighted by Crippen LogP contribution is 2.21. The van der Waals surface area contributed by atoms with Gasteiger partial charge < -0.3 is 4.74 Å². The number of nitrogens with zero attached hydrogens (tertiary/aromatic N) is 2. The van der Waals surface area contributed by atoms with Crippen molar-refractivity contribution < 1.29 is 13.2 Å². The maximum absolute atomic E-state index is 12.5. The van der Waals surface area contributed by atoms with E-state index in [-0.39, 0.29) is 5.92 Å². The molecular weight excluding hydrogens is 322 g/mol. The van der Waals surface area contributed by atoms with Crippen LogP contribution in [0.4, 0.5) is 0 Å². The lowest BCUT2D eigenvalue weighted by molar-refractivity contribution is 0.118. The van der Waals surface area contributed by atoms with E-state index in [1.54, 1.807) is 18.4 Å². The van der Waals surface area contributed by atoms with Crippen LogP contribution >= 0.6 is 11.3 Å². The van der Waals surface area contributed by atoms with Crippen molar-refractivity contribution in [2.24, 2.45) is 5.92 Å². The monoisotopic (exact) mass is 347 g/mol. The molecule has 8 heteroatoms. The van der Waals surface area contributed by atoms with Crippen LogP contribution in [0.15, 0.2) is 0 Å². The number of aryl methyl sites for hydroxylation is 2. The molecule has 126 valence electrons. The first kappa shape index (κ1) is 17.8. The summed E-state index contributed by atoms with van der Waals surface area (Å²) in [6.07, 6.45) is 2.78. The molecule has 1 aliphatic heterocycles. The molecule has 0 aliphatic carbocycles. The minimum atomic E-state index is -3.44. The van der Waals surface area contributed by atoms with E-state index in [9.17, 15) is 8.42 Å². The van der Waals surface area contributed by atoms with Crippen molar-refractivity contribution in [3.8, 4) is 0 Å². The van der Waals surface area contributed by atoms with Crippen molar-refractivity contribution in [3.05, 3.63) is 15.6 Å². The zero-order valence-electron chi connectivity index (χ0n) is 13.5. The van der Waals surface area contributed by atoms with Crippen molar-refractivity contribution in [1.29, 1.82) is 0 Å². The standard InChI is InChI=1S/C14H25N3O3S2/c1-4-14-16-11(2)13(21-14)8-15-22(18,19)17-7-5-6-12(9-17)10-20-3/h12,15H,4-10H2,1-3H3/t12-/m1/s1. The van der Waals surface area contributed by atoms with Crippen molar-refractivity contribution in [3.63, 3.8) is 0 Å². The SMILES string of the molecule is CCc1nc(C)c(CNS(=O)(=O)N2CCC[C@@H](COC)C2)s1. The number of hydrogen-bond donors (Lipinski definition) is 1. The van der Waals surface area contributed by atoms with Gasteiger partial charge in [-0.2, -0.15) is 17.4 Å². The Labute approximate surface area is 137 Å². The zero-order chi connectivity index (χ0) is 16.2. The summed E-state index contributed by atoms with van der Waals surface area (Å²) in [5, 5.41) is 1.05. The number of nitrogens with one attached hydrogen (secondary N) is 1. The fourth-order valence-electron chi connectivity index (χ4n) is 2.67. The minimum Gasteiger partial charge on any atom is -0.384 e. The molecule has 1 aromatic rings. The molecule has 0 bridgehead atoms. The summed E-state index contributed by atoms with van der Waals surface area (Å²) >= 11 is 1.58. The average molecular weight is 348 g/mol. The molecule has 0 aromatic carbocycles. The fourth-order valence-corrected chi connectivity index (χ4v) is 4.99. The molecule has 1 N–H and O–H groups in total. The Morgan fingerprint density at radius 2 is 2.27 bits per heavy atom. The van der Waals surface area contributed by atoms with Crippen molar-refractivity contribution in [2.45, 2.75) is 39.7 Å². The van der Waals surface area contributed by atoms with E-state index >= 15 is 0 Å². The summed E-state index contributed by atoms with van der Waals surface area (Å²) in [4.78, 5) is 5.42. The Kier molecular flexibility index (Phi) is 6.34. The summed E-state index contributed by atoms with van der Waals surface area (Å²) in [6, 6.07) is 0. The van der Waals surface area contributed by atoms with Crippen molar-refractivity contribution in [1.82, 2.24) is 14.0 Å². The molecule has 1 fully saturated rings. The van der Waals surface area contributed by atoms with Crippen LogP contribution in [0, 0.1) is 12.8 Å². The normalized spacial score (nSPS) is 20.4. The predicted octanol–water partition coefficient (Wildman–Crippen LogP) is 1.71. The van der Waals surface area contributed by atoms with E-state index in [4.69, 9.17) is 4.74 Å². The molecule has 6 nitrogen and oxygen atoms in total. The van der Waals surface area contributed by atoms with Crippen LogP contribution in [0.1, 0.15) is 35.3 Å².